The van der Waals surface area contributed by atoms with Crippen LogP contribution >= 0.6 is 0 Å². The van der Waals surface area contributed by atoms with Crippen LogP contribution in [-0.2, 0) is 0 Å². The Morgan fingerprint density at radius 2 is 1.73 bits per heavy atom. The van der Waals surface area contributed by atoms with E-state index in [2.05, 4.69) is 0 Å². The zero-order chi connectivity index (χ0) is 9.78. The summed E-state index contributed by atoms with van der Waals surface area (Å²) in [4.78, 5) is 0. The van der Waals surface area contributed by atoms with E-state index in [9.17, 15) is 5.11 Å². The molecule has 1 N–H and O–H groups in total. The lowest BCUT2D eigenvalue weighted by Gasteiger charge is -2.36. The fourth-order valence-electron chi connectivity index (χ4n) is 1.53. The van der Waals surface area contributed by atoms with Crippen molar-refractivity contribution in [2.45, 2.75) is 53.0 Å². The first-order valence-electron chi connectivity index (χ1n) is 5.17. The van der Waals surface area contributed by atoms with E-state index in [4.69, 9.17) is 1.37 Å². The molecule has 1 heteroatoms. The van der Waals surface area contributed by atoms with Crippen LogP contribution < -0.4 is 0 Å². The summed E-state index contributed by atoms with van der Waals surface area (Å²) in [6.45, 7) is 8.60. The topological polar surface area (TPSA) is 20.2 Å². The Bertz CT molecular complexity index is 113. The van der Waals surface area contributed by atoms with Gasteiger partial charge in [0.15, 0.2) is 0 Å². The highest BCUT2D eigenvalue weighted by Gasteiger charge is 2.32. The average Bonchev–Trinajstić information content (AvgIpc) is 1.99. The minimum absolute atomic E-state index is 0.282. The maximum atomic E-state index is 10.2. The molecule has 0 aliphatic carbocycles. The SMILES string of the molecule is [2H]CCCC(O)(C(C)C)C(C)C. The van der Waals surface area contributed by atoms with Gasteiger partial charge in [-0.25, -0.2) is 0 Å². The zero-order valence-corrected chi connectivity index (χ0v) is 8.22. The Morgan fingerprint density at radius 3 is 2.00 bits per heavy atom. The van der Waals surface area contributed by atoms with Gasteiger partial charge >= 0.3 is 0 Å². The van der Waals surface area contributed by atoms with E-state index in [1.165, 1.54) is 0 Å². The summed E-state index contributed by atoms with van der Waals surface area (Å²) in [5.41, 5.74) is -0.568. The van der Waals surface area contributed by atoms with E-state index in [-0.39, 0.29) is 11.8 Å². The molecule has 0 saturated carbocycles. The van der Waals surface area contributed by atoms with E-state index in [0.717, 1.165) is 12.8 Å². The maximum absolute atomic E-state index is 10.2. The first-order valence-corrected chi connectivity index (χ1v) is 4.46. The Balaban J connectivity index is 4.19. The van der Waals surface area contributed by atoms with Gasteiger partial charge in [0.05, 0.1) is 5.60 Å². The van der Waals surface area contributed by atoms with Crippen LogP contribution in [0.5, 0.6) is 0 Å². The second-order valence-corrected chi connectivity index (χ2v) is 3.90. The molecule has 0 spiro atoms. The highest BCUT2D eigenvalue weighted by Crippen LogP contribution is 2.30. The molecule has 0 fully saturated rings. The van der Waals surface area contributed by atoms with Gasteiger partial charge in [0, 0.05) is 1.37 Å². The van der Waals surface area contributed by atoms with Crippen LogP contribution in [0.15, 0.2) is 0 Å². The largest absolute Gasteiger partial charge is 0.389 e. The Labute approximate surface area is 72.2 Å². The predicted molar refractivity (Wildman–Crippen MR) is 49.5 cm³/mol. The third-order valence-corrected chi connectivity index (χ3v) is 2.58. The van der Waals surface area contributed by atoms with Crippen molar-refractivity contribution in [3.63, 3.8) is 0 Å². The number of hydrogen-bond acceptors (Lipinski definition) is 1. The van der Waals surface area contributed by atoms with Crippen molar-refractivity contribution in [3.05, 3.63) is 0 Å². The third-order valence-electron chi connectivity index (χ3n) is 2.58. The van der Waals surface area contributed by atoms with Crippen LogP contribution in [-0.4, -0.2) is 10.7 Å². The van der Waals surface area contributed by atoms with Crippen LogP contribution in [0.25, 0.3) is 0 Å². The molecular weight excluding hydrogens is 136 g/mol. The Kier molecular flexibility index (Phi) is 3.38. The first kappa shape index (κ1) is 9.05. The molecule has 0 saturated heterocycles. The molecule has 0 unspecified atom stereocenters. The van der Waals surface area contributed by atoms with Gasteiger partial charge < -0.3 is 5.11 Å². The van der Waals surface area contributed by atoms with E-state index in [0.29, 0.717) is 6.90 Å². The Morgan fingerprint density at radius 1 is 1.27 bits per heavy atom. The van der Waals surface area contributed by atoms with Crippen molar-refractivity contribution in [2.75, 3.05) is 0 Å². The highest BCUT2D eigenvalue weighted by atomic mass is 16.3. The summed E-state index contributed by atoms with van der Waals surface area (Å²) < 4.78 is 7.05. The van der Waals surface area contributed by atoms with Crippen LogP contribution in [0.3, 0.4) is 0 Å². The fraction of sp³-hybridized carbons (Fsp3) is 1.00. The van der Waals surface area contributed by atoms with Crippen molar-refractivity contribution in [3.8, 4) is 0 Å². The smallest absolute Gasteiger partial charge is 0.0693 e. The quantitative estimate of drug-likeness (QED) is 0.668. The van der Waals surface area contributed by atoms with E-state index < -0.39 is 5.60 Å². The van der Waals surface area contributed by atoms with Crippen LogP contribution in [0, 0.1) is 11.8 Å². The molecule has 0 aromatic carbocycles. The number of aliphatic hydroxyl groups is 1. The summed E-state index contributed by atoms with van der Waals surface area (Å²) in [6.07, 6.45) is 1.55. The third kappa shape index (κ3) is 2.48. The molecule has 0 amide bonds. The predicted octanol–water partition coefficient (Wildman–Crippen LogP) is 2.83. The lowest BCUT2D eigenvalue weighted by molar-refractivity contribution is -0.0542. The molecule has 0 bridgehead atoms. The minimum Gasteiger partial charge on any atom is -0.389 e. The van der Waals surface area contributed by atoms with Gasteiger partial charge in [0.1, 0.15) is 0 Å². The lowest BCUT2D eigenvalue weighted by atomic mass is 9.77. The van der Waals surface area contributed by atoms with Gasteiger partial charge in [-0.2, -0.15) is 0 Å². The Hall–Kier alpha value is -0.0400. The summed E-state index contributed by atoms with van der Waals surface area (Å²) >= 11 is 0. The van der Waals surface area contributed by atoms with Crippen molar-refractivity contribution < 1.29 is 6.48 Å². The molecule has 0 aromatic heterocycles. The molecule has 68 valence electrons. The molecule has 0 aromatic rings. The molecule has 1 nitrogen and oxygen atoms in total. The second kappa shape index (κ2) is 4.10. The van der Waals surface area contributed by atoms with Gasteiger partial charge in [0.25, 0.3) is 0 Å². The minimum atomic E-state index is -0.568. The molecular formula is C10H22O. The molecule has 0 aliphatic rings. The second-order valence-electron chi connectivity index (χ2n) is 3.90. The van der Waals surface area contributed by atoms with Crippen LogP contribution in [0.4, 0.5) is 0 Å². The lowest BCUT2D eigenvalue weighted by Crippen LogP contribution is -2.40. The molecule has 0 aliphatic heterocycles. The molecule has 0 radical (unpaired) electrons. The van der Waals surface area contributed by atoms with Gasteiger partial charge in [-0.1, -0.05) is 41.0 Å². The first-order chi connectivity index (χ1) is 5.45. The van der Waals surface area contributed by atoms with Crippen molar-refractivity contribution in [2.24, 2.45) is 11.8 Å². The van der Waals surface area contributed by atoms with Crippen LogP contribution in [0.1, 0.15) is 48.8 Å². The van der Waals surface area contributed by atoms with Gasteiger partial charge in [-0.15, -0.1) is 0 Å². The average molecular weight is 159 g/mol. The van der Waals surface area contributed by atoms with Gasteiger partial charge in [0.2, 0.25) is 0 Å². The summed E-state index contributed by atoms with van der Waals surface area (Å²) in [7, 11) is 0. The van der Waals surface area contributed by atoms with Crippen molar-refractivity contribution in [1.29, 1.82) is 0 Å². The van der Waals surface area contributed by atoms with E-state index >= 15 is 0 Å². The van der Waals surface area contributed by atoms with Crippen molar-refractivity contribution in [1.82, 2.24) is 0 Å². The molecule has 11 heavy (non-hydrogen) atoms. The molecule has 0 heterocycles. The standard InChI is InChI=1S/C10H22O/c1-6-7-10(11,8(2)3)9(4)5/h8-9,11H,6-7H2,1-5H3/i1D. The van der Waals surface area contributed by atoms with Gasteiger partial charge in [-0.3, -0.25) is 0 Å². The van der Waals surface area contributed by atoms with E-state index in [1.807, 2.05) is 27.7 Å². The maximum Gasteiger partial charge on any atom is 0.0693 e. The van der Waals surface area contributed by atoms with Crippen molar-refractivity contribution >= 4 is 0 Å². The zero-order valence-electron chi connectivity index (χ0n) is 9.22. The molecule has 0 atom stereocenters. The number of hydrogen-bond donors (Lipinski definition) is 1. The summed E-state index contributed by atoms with van der Waals surface area (Å²) in [6, 6.07) is 0. The normalized spacial score (nSPS) is 14.3. The monoisotopic (exact) mass is 159 g/mol. The van der Waals surface area contributed by atoms with Crippen LogP contribution in [0.2, 0.25) is 0 Å². The summed E-state index contributed by atoms with van der Waals surface area (Å²) in [5.74, 6) is 0.563. The summed E-state index contributed by atoms with van der Waals surface area (Å²) in [5, 5.41) is 10.2. The van der Waals surface area contributed by atoms with E-state index in [1.54, 1.807) is 0 Å². The highest BCUT2D eigenvalue weighted by molar-refractivity contribution is 4.84. The molecule has 0 rings (SSSR count). The fourth-order valence-corrected chi connectivity index (χ4v) is 1.53. The van der Waals surface area contributed by atoms with Gasteiger partial charge in [-0.05, 0) is 18.3 Å². The number of rotatable bonds is 4.